The van der Waals surface area contributed by atoms with Crippen molar-refractivity contribution in [1.82, 2.24) is 15.5 Å². The molecule has 2 rings (SSSR count). The third kappa shape index (κ3) is 3.27. The van der Waals surface area contributed by atoms with Crippen LogP contribution in [0.25, 0.3) is 0 Å². The van der Waals surface area contributed by atoms with Crippen LogP contribution in [-0.4, -0.2) is 16.7 Å². The van der Waals surface area contributed by atoms with Crippen molar-refractivity contribution in [3.05, 3.63) is 34.4 Å². The average Bonchev–Trinajstić information content (AvgIpc) is 2.78. The zero-order valence-corrected chi connectivity index (χ0v) is 11.3. The minimum atomic E-state index is -0.393. The highest BCUT2D eigenvalue weighted by Gasteiger charge is 2.08. The highest BCUT2D eigenvalue weighted by atomic mass is 79.9. The summed E-state index contributed by atoms with van der Waals surface area (Å²) < 4.78 is 19.5. The van der Waals surface area contributed by atoms with Crippen LogP contribution in [0, 0.1) is 5.82 Å². The number of halogens is 2. The second kappa shape index (κ2) is 5.92. The van der Waals surface area contributed by atoms with E-state index in [1.807, 2.05) is 6.92 Å². The predicted molar refractivity (Wildman–Crippen MR) is 69.1 cm³/mol. The van der Waals surface area contributed by atoms with Gasteiger partial charge in [0, 0.05) is 4.47 Å². The van der Waals surface area contributed by atoms with E-state index in [2.05, 4.69) is 36.8 Å². The molecule has 0 saturated carbocycles. The van der Waals surface area contributed by atoms with E-state index >= 15 is 0 Å². The summed E-state index contributed by atoms with van der Waals surface area (Å²) in [5.41, 5.74) is 0.289. The van der Waals surface area contributed by atoms with E-state index in [4.69, 9.17) is 4.42 Å². The summed E-state index contributed by atoms with van der Waals surface area (Å²) in [6.07, 6.45) is 0. The maximum absolute atomic E-state index is 13.6. The van der Waals surface area contributed by atoms with Crippen molar-refractivity contribution in [2.45, 2.75) is 13.5 Å². The van der Waals surface area contributed by atoms with Gasteiger partial charge in [-0.2, -0.15) is 0 Å². The third-order valence-electron chi connectivity index (χ3n) is 2.17. The van der Waals surface area contributed by atoms with Gasteiger partial charge < -0.3 is 15.1 Å². The summed E-state index contributed by atoms with van der Waals surface area (Å²) in [5.74, 6) is 0.0627. The molecule has 0 radical (unpaired) electrons. The number of benzene rings is 1. The number of aromatic nitrogens is 2. The molecule has 0 amide bonds. The molecule has 96 valence electrons. The number of anilines is 2. The van der Waals surface area contributed by atoms with Gasteiger partial charge in [0.2, 0.25) is 5.89 Å². The molecule has 2 N–H and O–H groups in total. The van der Waals surface area contributed by atoms with Crippen molar-refractivity contribution >= 4 is 27.6 Å². The topological polar surface area (TPSA) is 63.0 Å². The molecule has 0 aliphatic heterocycles. The summed E-state index contributed by atoms with van der Waals surface area (Å²) in [6, 6.07) is 4.84. The number of hydrogen-bond donors (Lipinski definition) is 2. The highest BCUT2D eigenvalue weighted by Crippen LogP contribution is 2.22. The first-order valence-corrected chi connectivity index (χ1v) is 6.23. The van der Waals surface area contributed by atoms with Gasteiger partial charge in [0.25, 0.3) is 0 Å². The Labute approximate surface area is 112 Å². The first kappa shape index (κ1) is 13.0. The van der Waals surface area contributed by atoms with Crippen LogP contribution in [-0.2, 0) is 6.54 Å². The summed E-state index contributed by atoms with van der Waals surface area (Å²) in [4.78, 5) is 0. The number of hydrogen-bond acceptors (Lipinski definition) is 5. The lowest BCUT2D eigenvalue weighted by atomic mass is 10.3. The van der Waals surface area contributed by atoms with Crippen LogP contribution in [0.2, 0.25) is 0 Å². The van der Waals surface area contributed by atoms with Gasteiger partial charge >= 0.3 is 6.01 Å². The Kier molecular flexibility index (Phi) is 4.27. The molecule has 0 aliphatic carbocycles. The Hall–Kier alpha value is -1.47. The minimum absolute atomic E-state index is 0.170. The quantitative estimate of drug-likeness (QED) is 0.888. The molecule has 1 aromatic carbocycles. The summed E-state index contributed by atoms with van der Waals surface area (Å²) in [5, 5.41) is 13.4. The Morgan fingerprint density at radius 1 is 1.39 bits per heavy atom. The van der Waals surface area contributed by atoms with Gasteiger partial charge in [-0.3, -0.25) is 0 Å². The van der Waals surface area contributed by atoms with Gasteiger partial charge in [-0.05, 0) is 24.7 Å². The SMILES string of the molecule is CCNCc1nnc(Nc2ccc(Br)cc2F)o1. The molecule has 0 unspecified atom stereocenters. The number of nitrogens with one attached hydrogen (secondary N) is 2. The first-order valence-electron chi connectivity index (χ1n) is 5.44. The molecule has 1 aromatic heterocycles. The standard InChI is InChI=1S/C11H12BrFN4O/c1-2-14-6-10-16-17-11(18-10)15-9-4-3-7(12)5-8(9)13/h3-5,14H,2,6H2,1H3,(H,15,17). The van der Waals surface area contributed by atoms with E-state index < -0.39 is 5.82 Å². The van der Waals surface area contributed by atoms with E-state index in [0.717, 1.165) is 6.54 Å². The van der Waals surface area contributed by atoms with Crippen molar-refractivity contribution < 1.29 is 8.81 Å². The maximum atomic E-state index is 13.6. The van der Waals surface area contributed by atoms with Gasteiger partial charge in [0.05, 0.1) is 12.2 Å². The highest BCUT2D eigenvalue weighted by molar-refractivity contribution is 9.10. The van der Waals surface area contributed by atoms with Crippen molar-refractivity contribution in [2.24, 2.45) is 0 Å². The largest absolute Gasteiger partial charge is 0.406 e. The van der Waals surface area contributed by atoms with E-state index in [9.17, 15) is 4.39 Å². The molecule has 1 heterocycles. The van der Waals surface area contributed by atoms with Gasteiger partial charge in [-0.25, -0.2) is 4.39 Å². The van der Waals surface area contributed by atoms with E-state index in [-0.39, 0.29) is 11.7 Å². The zero-order chi connectivity index (χ0) is 13.0. The van der Waals surface area contributed by atoms with Gasteiger partial charge in [-0.1, -0.05) is 28.0 Å². The fourth-order valence-corrected chi connectivity index (χ4v) is 1.65. The van der Waals surface area contributed by atoms with Crippen molar-refractivity contribution in [1.29, 1.82) is 0 Å². The molecule has 0 aliphatic rings. The molecule has 0 spiro atoms. The normalized spacial score (nSPS) is 10.6. The second-order valence-corrected chi connectivity index (χ2v) is 4.45. The predicted octanol–water partition coefficient (Wildman–Crippen LogP) is 2.82. The lowest BCUT2D eigenvalue weighted by Crippen LogP contribution is -2.11. The fourth-order valence-electron chi connectivity index (χ4n) is 1.31. The van der Waals surface area contributed by atoms with Crippen LogP contribution >= 0.6 is 15.9 Å². The molecule has 0 atom stereocenters. The molecule has 5 nitrogen and oxygen atoms in total. The molecular formula is C11H12BrFN4O. The summed E-state index contributed by atoms with van der Waals surface area (Å²) >= 11 is 3.19. The molecule has 0 fully saturated rings. The van der Waals surface area contributed by atoms with Crippen LogP contribution in [0.1, 0.15) is 12.8 Å². The minimum Gasteiger partial charge on any atom is -0.406 e. The van der Waals surface area contributed by atoms with Crippen LogP contribution < -0.4 is 10.6 Å². The zero-order valence-electron chi connectivity index (χ0n) is 9.70. The number of nitrogens with zero attached hydrogens (tertiary/aromatic N) is 2. The van der Waals surface area contributed by atoms with Gasteiger partial charge in [0.1, 0.15) is 5.82 Å². The number of rotatable bonds is 5. The van der Waals surface area contributed by atoms with E-state index in [1.165, 1.54) is 6.07 Å². The molecule has 0 saturated heterocycles. The van der Waals surface area contributed by atoms with Crippen molar-refractivity contribution in [3.63, 3.8) is 0 Å². The Bertz CT molecular complexity index is 532. The van der Waals surface area contributed by atoms with Crippen LogP contribution in [0.4, 0.5) is 16.1 Å². The van der Waals surface area contributed by atoms with E-state index in [1.54, 1.807) is 12.1 Å². The summed E-state index contributed by atoms with van der Waals surface area (Å²) in [6.45, 7) is 3.28. The van der Waals surface area contributed by atoms with Gasteiger partial charge in [0.15, 0.2) is 0 Å². The van der Waals surface area contributed by atoms with Crippen LogP contribution in [0.5, 0.6) is 0 Å². The van der Waals surface area contributed by atoms with Crippen LogP contribution in [0.15, 0.2) is 27.1 Å². The van der Waals surface area contributed by atoms with Crippen molar-refractivity contribution in [3.8, 4) is 0 Å². The molecule has 2 aromatic rings. The van der Waals surface area contributed by atoms with E-state index in [0.29, 0.717) is 16.9 Å². The van der Waals surface area contributed by atoms with Crippen LogP contribution in [0.3, 0.4) is 0 Å². The smallest absolute Gasteiger partial charge is 0.320 e. The lowest BCUT2D eigenvalue weighted by molar-refractivity contribution is 0.484. The fraction of sp³-hybridized carbons (Fsp3) is 0.273. The molecular weight excluding hydrogens is 303 g/mol. The molecule has 0 bridgehead atoms. The average molecular weight is 315 g/mol. The van der Waals surface area contributed by atoms with Gasteiger partial charge in [-0.15, -0.1) is 5.10 Å². The summed E-state index contributed by atoms with van der Waals surface area (Å²) in [7, 11) is 0. The Balaban J connectivity index is 2.06. The monoisotopic (exact) mass is 314 g/mol. The lowest BCUT2D eigenvalue weighted by Gasteiger charge is -2.02. The Morgan fingerprint density at radius 3 is 2.94 bits per heavy atom. The molecule has 7 heteroatoms. The Morgan fingerprint density at radius 2 is 2.22 bits per heavy atom. The maximum Gasteiger partial charge on any atom is 0.320 e. The first-order chi connectivity index (χ1) is 8.69. The van der Waals surface area contributed by atoms with Crippen molar-refractivity contribution in [2.75, 3.05) is 11.9 Å². The molecule has 18 heavy (non-hydrogen) atoms. The third-order valence-corrected chi connectivity index (χ3v) is 2.66. The second-order valence-electron chi connectivity index (χ2n) is 3.53.